The largest absolute Gasteiger partial charge is 0.466 e. The Hall–Kier alpha value is -3.03. The maximum absolute atomic E-state index is 13.9. The first-order valence-electron chi connectivity index (χ1n) is 10.9. The molecule has 0 amide bonds. The molecule has 1 aliphatic heterocycles. The van der Waals surface area contributed by atoms with E-state index in [1.165, 1.54) is 6.92 Å². The molecule has 8 nitrogen and oxygen atoms in total. The third-order valence-corrected chi connectivity index (χ3v) is 4.83. The van der Waals surface area contributed by atoms with Crippen LogP contribution in [0.5, 0.6) is 0 Å². The Morgan fingerprint density at radius 2 is 1.55 bits per heavy atom. The highest BCUT2D eigenvalue weighted by Crippen LogP contribution is 2.49. The van der Waals surface area contributed by atoms with Crippen LogP contribution in [0.1, 0.15) is 67.4 Å². The van der Waals surface area contributed by atoms with Crippen LogP contribution in [-0.2, 0) is 38.8 Å². The van der Waals surface area contributed by atoms with Crippen molar-refractivity contribution in [3.63, 3.8) is 0 Å². The summed E-state index contributed by atoms with van der Waals surface area (Å²) in [4.78, 5) is 57.2. The van der Waals surface area contributed by atoms with Gasteiger partial charge in [0.05, 0.1) is 18.2 Å². The molecule has 0 N–H and O–H groups in total. The van der Waals surface area contributed by atoms with Crippen molar-refractivity contribution < 1.29 is 33.4 Å². The Morgan fingerprint density at radius 3 is 2.06 bits per heavy atom. The van der Waals surface area contributed by atoms with Gasteiger partial charge in [-0.15, -0.1) is 0 Å². The molecule has 180 valence electrons. The fraction of sp³-hybridized carbons (Fsp3) is 0.560. The van der Waals surface area contributed by atoms with Crippen molar-refractivity contribution in [1.29, 1.82) is 0 Å². The van der Waals surface area contributed by atoms with Crippen LogP contribution in [-0.4, -0.2) is 47.2 Å². The molecule has 1 unspecified atom stereocenters. The quantitative estimate of drug-likeness (QED) is 0.450. The zero-order valence-corrected chi connectivity index (χ0v) is 20.6. The Kier molecular flexibility index (Phi) is 7.51. The third kappa shape index (κ3) is 5.67. The molecule has 0 aliphatic carbocycles. The SMILES string of the molecule is CCOC(=O)[C@@H](CC(C)=O)C1(C(=O)OC(C)(C)C)C(C(=O)OC(C)(C)C)=Nc2ccccc21. The number of ketones is 1. The van der Waals surface area contributed by atoms with E-state index < -0.39 is 40.4 Å². The molecule has 8 heteroatoms. The number of esters is 3. The van der Waals surface area contributed by atoms with Crippen LogP contribution in [0.2, 0.25) is 0 Å². The molecular formula is C25H33NO7. The average molecular weight is 460 g/mol. The van der Waals surface area contributed by atoms with Gasteiger partial charge >= 0.3 is 17.9 Å². The summed E-state index contributed by atoms with van der Waals surface area (Å²) in [6.07, 6.45) is -0.353. The minimum absolute atomic E-state index is 0.0260. The third-order valence-electron chi connectivity index (χ3n) is 4.83. The molecule has 1 aromatic carbocycles. The number of benzene rings is 1. The smallest absolute Gasteiger partial charge is 0.354 e. The van der Waals surface area contributed by atoms with Crippen LogP contribution < -0.4 is 0 Å². The molecule has 1 heterocycles. The molecule has 0 aromatic heterocycles. The van der Waals surface area contributed by atoms with Gasteiger partial charge in [-0.05, 0) is 61.5 Å². The summed E-state index contributed by atoms with van der Waals surface area (Å²) in [5.41, 5.74) is -3.54. The summed E-state index contributed by atoms with van der Waals surface area (Å²) < 4.78 is 16.6. The second-order valence-corrected chi connectivity index (χ2v) is 10.0. The first-order chi connectivity index (χ1) is 15.1. The zero-order chi connectivity index (χ0) is 25.2. The number of hydrogen-bond acceptors (Lipinski definition) is 8. The normalized spacial score (nSPS) is 18.6. The van der Waals surface area contributed by atoms with Gasteiger partial charge < -0.3 is 19.0 Å². The molecular weight excluding hydrogens is 426 g/mol. The first-order valence-corrected chi connectivity index (χ1v) is 10.9. The molecule has 0 saturated heterocycles. The molecule has 0 radical (unpaired) electrons. The number of ether oxygens (including phenoxy) is 3. The van der Waals surface area contributed by atoms with E-state index >= 15 is 0 Å². The fourth-order valence-corrected chi connectivity index (χ4v) is 3.78. The number of Topliss-reactive ketones (excluding diaryl/α,β-unsaturated/α-hetero) is 1. The predicted molar refractivity (Wildman–Crippen MR) is 122 cm³/mol. The maximum atomic E-state index is 13.9. The van der Waals surface area contributed by atoms with Crippen LogP contribution in [0.25, 0.3) is 0 Å². The fourth-order valence-electron chi connectivity index (χ4n) is 3.78. The Morgan fingerprint density at radius 1 is 0.970 bits per heavy atom. The van der Waals surface area contributed by atoms with E-state index in [9.17, 15) is 19.2 Å². The van der Waals surface area contributed by atoms with E-state index in [2.05, 4.69) is 4.99 Å². The number of aliphatic imine (C=N–C) groups is 1. The monoisotopic (exact) mass is 459 g/mol. The van der Waals surface area contributed by atoms with E-state index in [1.807, 2.05) is 0 Å². The summed E-state index contributed by atoms with van der Waals surface area (Å²) in [5.74, 6) is -4.28. The number of carbonyl (C=O) groups is 4. The van der Waals surface area contributed by atoms with Crippen LogP contribution in [0, 0.1) is 5.92 Å². The van der Waals surface area contributed by atoms with Crippen LogP contribution in [0.3, 0.4) is 0 Å². The van der Waals surface area contributed by atoms with Crippen LogP contribution in [0.4, 0.5) is 5.69 Å². The first kappa shape index (κ1) is 26.2. The van der Waals surface area contributed by atoms with Crippen molar-refractivity contribution >= 4 is 35.1 Å². The van der Waals surface area contributed by atoms with E-state index in [0.29, 0.717) is 11.3 Å². The minimum atomic E-state index is -2.01. The average Bonchev–Trinajstić information content (AvgIpc) is 2.99. The highest BCUT2D eigenvalue weighted by molar-refractivity contribution is 6.47. The van der Waals surface area contributed by atoms with Gasteiger partial charge in [0.15, 0.2) is 5.41 Å². The highest BCUT2D eigenvalue weighted by atomic mass is 16.6. The molecule has 2 rings (SSSR count). The molecule has 0 saturated carbocycles. The van der Waals surface area contributed by atoms with E-state index in [-0.39, 0.29) is 24.5 Å². The summed E-state index contributed by atoms with van der Waals surface area (Å²) in [6.45, 7) is 13.0. The number of nitrogens with zero attached hydrogens (tertiary/aromatic N) is 1. The molecule has 1 aromatic rings. The zero-order valence-electron chi connectivity index (χ0n) is 20.6. The molecule has 0 spiro atoms. The van der Waals surface area contributed by atoms with Gasteiger partial charge in [0.2, 0.25) is 0 Å². The van der Waals surface area contributed by atoms with Crippen molar-refractivity contribution in [3.8, 4) is 0 Å². The van der Waals surface area contributed by atoms with Gasteiger partial charge in [0.1, 0.15) is 22.7 Å². The number of para-hydroxylation sites is 1. The van der Waals surface area contributed by atoms with Crippen molar-refractivity contribution in [2.24, 2.45) is 10.9 Å². The number of fused-ring (bicyclic) bond motifs is 1. The Bertz CT molecular complexity index is 981. The van der Waals surface area contributed by atoms with Gasteiger partial charge in [-0.2, -0.15) is 0 Å². The minimum Gasteiger partial charge on any atom is -0.466 e. The molecule has 1 aliphatic rings. The second kappa shape index (κ2) is 9.45. The molecule has 0 bridgehead atoms. The maximum Gasteiger partial charge on any atom is 0.354 e. The van der Waals surface area contributed by atoms with Gasteiger partial charge in [-0.1, -0.05) is 18.2 Å². The lowest BCUT2D eigenvalue weighted by Gasteiger charge is -2.37. The van der Waals surface area contributed by atoms with Crippen LogP contribution in [0.15, 0.2) is 29.3 Å². The van der Waals surface area contributed by atoms with E-state index in [0.717, 1.165) is 0 Å². The van der Waals surface area contributed by atoms with Crippen molar-refractivity contribution in [2.75, 3.05) is 6.61 Å². The highest BCUT2D eigenvalue weighted by Gasteiger charge is 2.63. The van der Waals surface area contributed by atoms with Crippen molar-refractivity contribution in [1.82, 2.24) is 0 Å². The molecule has 33 heavy (non-hydrogen) atoms. The lowest BCUT2D eigenvalue weighted by molar-refractivity contribution is -0.168. The number of hydrogen-bond donors (Lipinski definition) is 0. The number of rotatable bonds is 7. The van der Waals surface area contributed by atoms with Crippen molar-refractivity contribution in [2.45, 2.75) is 78.4 Å². The predicted octanol–water partition coefficient (Wildman–Crippen LogP) is 3.85. The van der Waals surface area contributed by atoms with Gasteiger partial charge in [0.25, 0.3) is 0 Å². The van der Waals surface area contributed by atoms with Crippen LogP contribution >= 0.6 is 0 Å². The summed E-state index contributed by atoms with van der Waals surface area (Å²) >= 11 is 0. The number of carbonyl (C=O) groups excluding carboxylic acids is 4. The van der Waals surface area contributed by atoms with E-state index in [4.69, 9.17) is 14.2 Å². The second-order valence-electron chi connectivity index (χ2n) is 10.0. The summed E-state index contributed by atoms with van der Waals surface area (Å²) in [7, 11) is 0. The van der Waals surface area contributed by atoms with E-state index in [1.54, 1.807) is 72.7 Å². The Labute approximate surface area is 194 Å². The standard InChI is InChI=1S/C25H33NO7/c1-9-31-20(28)17(14-15(2)27)25(22(30)33-24(6,7)8)16-12-10-11-13-18(16)26-19(25)21(29)32-23(3,4)5/h10-13,17H,9,14H2,1-8H3/t17-,25?/m1/s1. The van der Waals surface area contributed by atoms with Gasteiger partial charge in [-0.3, -0.25) is 9.59 Å². The molecule has 0 fully saturated rings. The van der Waals surface area contributed by atoms with Gasteiger partial charge in [-0.25, -0.2) is 9.79 Å². The Balaban J connectivity index is 2.89. The van der Waals surface area contributed by atoms with Gasteiger partial charge in [0, 0.05) is 12.0 Å². The molecule has 2 atom stereocenters. The lowest BCUT2D eigenvalue weighted by Crippen LogP contribution is -2.57. The summed E-state index contributed by atoms with van der Waals surface area (Å²) in [6, 6.07) is 6.60. The lowest BCUT2D eigenvalue weighted by atomic mass is 9.65. The topological polar surface area (TPSA) is 108 Å². The van der Waals surface area contributed by atoms with Crippen molar-refractivity contribution in [3.05, 3.63) is 29.8 Å². The summed E-state index contributed by atoms with van der Waals surface area (Å²) in [5, 5.41) is 0.